The molecular formula is C25H29F3N4O3S2. The van der Waals surface area contributed by atoms with Crippen molar-refractivity contribution < 1.29 is 27.5 Å². The van der Waals surface area contributed by atoms with Crippen LogP contribution < -0.4 is 15.4 Å². The van der Waals surface area contributed by atoms with E-state index in [9.17, 15) is 22.8 Å². The van der Waals surface area contributed by atoms with Crippen LogP contribution in [0, 0.1) is 17.8 Å². The van der Waals surface area contributed by atoms with E-state index in [1.807, 2.05) is 0 Å². The molecule has 0 aliphatic heterocycles. The Morgan fingerprint density at radius 2 is 2.05 bits per heavy atom. The number of rotatable bonds is 11. The molecule has 2 aromatic heterocycles. The highest BCUT2D eigenvalue weighted by Gasteiger charge is 2.43. The van der Waals surface area contributed by atoms with Crippen molar-refractivity contribution in [3.63, 3.8) is 0 Å². The van der Waals surface area contributed by atoms with Crippen LogP contribution in [-0.4, -0.2) is 45.8 Å². The van der Waals surface area contributed by atoms with Crippen LogP contribution in [0.25, 0.3) is 0 Å². The first kappa shape index (κ1) is 26.1. The van der Waals surface area contributed by atoms with E-state index >= 15 is 0 Å². The lowest BCUT2D eigenvalue weighted by Gasteiger charge is -2.23. The third kappa shape index (κ3) is 6.34. The largest absolute Gasteiger partial charge is 0.415 e. The first-order chi connectivity index (χ1) is 17.7. The van der Waals surface area contributed by atoms with E-state index < -0.39 is 18.7 Å². The summed E-state index contributed by atoms with van der Waals surface area (Å²) in [6.45, 7) is -2.33. The molecule has 3 aliphatic rings. The van der Waals surface area contributed by atoms with E-state index in [0.29, 0.717) is 41.7 Å². The van der Waals surface area contributed by atoms with E-state index in [4.69, 9.17) is 12.2 Å². The third-order valence-electron chi connectivity index (χ3n) is 7.18. The molecule has 0 spiro atoms. The number of ether oxygens (including phenoxy) is 1. The molecule has 200 valence electrons. The number of alkyl halides is 3. The number of amides is 1. The zero-order valence-electron chi connectivity index (χ0n) is 20.4. The van der Waals surface area contributed by atoms with Crippen LogP contribution in [-0.2, 0) is 31.1 Å². The lowest BCUT2D eigenvalue weighted by molar-refractivity contribution is -0.119. The fourth-order valence-electron chi connectivity index (χ4n) is 4.87. The molecule has 2 N–H and O–H groups in total. The zero-order valence-corrected chi connectivity index (χ0v) is 22.0. The Kier molecular flexibility index (Phi) is 7.58. The standard InChI is InChI=1S/C25H29F3N4O3S2/c1-32-20(10-21(31-32)35-25(27)28)30-22(36)7-13-4-5-18-15(6-13)23(24(34)29-11-12-2-3-12)19(37-18)9-17(33)14-8-16(14)26/h10,12-14,16,25H,2-9,11H2,1H3,(H,29,34)(H,30,36)/t13-,14+,16-/m0/s1. The predicted molar refractivity (Wildman–Crippen MR) is 137 cm³/mol. The summed E-state index contributed by atoms with van der Waals surface area (Å²) in [6, 6.07) is 1.36. The summed E-state index contributed by atoms with van der Waals surface area (Å²) in [6.07, 6.45) is 4.40. The van der Waals surface area contributed by atoms with Crippen LogP contribution in [0.3, 0.4) is 0 Å². The minimum Gasteiger partial charge on any atom is -0.415 e. The summed E-state index contributed by atoms with van der Waals surface area (Å²) in [5.74, 6) is 0.133. The first-order valence-corrected chi connectivity index (χ1v) is 13.8. The van der Waals surface area contributed by atoms with Gasteiger partial charge in [0.15, 0.2) is 0 Å². The minimum atomic E-state index is -2.96. The number of thiophene rings is 1. The number of halogens is 3. The Morgan fingerprint density at radius 1 is 1.30 bits per heavy atom. The molecule has 0 aromatic carbocycles. The van der Waals surface area contributed by atoms with Gasteiger partial charge in [0.2, 0.25) is 5.88 Å². The molecule has 2 saturated carbocycles. The highest BCUT2D eigenvalue weighted by molar-refractivity contribution is 7.80. The molecule has 3 atom stereocenters. The molecule has 12 heteroatoms. The number of aryl methyl sites for hydroxylation is 2. The maximum atomic E-state index is 13.5. The van der Waals surface area contributed by atoms with Gasteiger partial charge in [-0.3, -0.25) is 9.59 Å². The van der Waals surface area contributed by atoms with Crippen molar-refractivity contribution in [2.24, 2.45) is 24.8 Å². The number of fused-ring (bicyclic) bond motifs is 1. The normalized spacial score (nSPS) is 22.5. The van der Waals surface area contributed by atoms with Gasteiger partial charge in [0.25, 0.3) is 5.91 Å². The van der Waals surface area contributed by atoms with E-state index in [2.05, 4.69) is 20.5 Å². The van der Waals surface area contributed by atoms with Gasteiger partial charge in [0, 0.05) is 42.3 Å². The summed E-state index contributed by atoms with van der Waals surface area (Å²) < 4.78 is 44.2. The third-order valence-corrected chi connectivity index (χ3v) is 8.74. The number of nitrogens with one attached hydrogen (secondary N) is 2. The molecular weight excluding hydrogens is 525 g/mol. The Bertz CT molecular complexity index is 1210. The first-order valence-electron chi connectivity index (χ1n) is 12.5. The maximum absolute atomic E-state index is 13.5. The van der Waals surface area contributed by atoms with E-state index in [-0.39, 0.29) is 36.3 Å². The molecule has 5 rings (SSSR count). The molecule has 0 unspecified atom stereocenters. The lowest BCUT2D eigenvalue weighted by atomic mass is 9.83. The summed E-state index contributed by atoms with van der Waals surface area (Å²) >= 11 is 7.05. The number of thiocarbonyl (C=S) groups is 1. The Hall–Kier alpha value is -2.47. The van der Waals surface area contributed by atoms with Crippen molar-refractivity contribution in [1.29, 1.82) is 0 Å². The number of Topliss-reactive ketones (excluding diaryl/α,β-unsaturated/α-hetero) is 1. The van der Waals surface area contributed by atoms with Crippen LogP contribution >= 0.6 is 23.6 Å². The van der Waals surface area contributed by atoms with E-state index in [0.717, 1.165) is 41.0 Å². The summed E-state index contributed by atoms with van der Waals surface area (Å²) in [5.41, 5.74) is 1.56. The Labute approximate surface area is 222 Å². The van der Waals surface area contributed by atoms with E-state index in [1.165, 1.54) is 22.1 Å². The van der Waals surface area contributed by atoms with Gasteiger partial charge in [0.05, 0.1) is 16.5 Å². The van der Waals surface area contributed by atoms with Gasteiger partial charge >= 0.3 is 6.61 Å². The van der Waals surface area contributed by atoms with Crippen molar-refractivity contribution in [3.05, 3.63) is 26.9 Å². The molecule has 2 heterocycles. The minimum absolute atomic E-state index is 0.100. The lowest BCUT2D eigenvalue weighted by Crippen LogP contribution is -2.28. The number of hydrogen-bond acceptors (Lipinski definition) is 6. The SMILES string of the molecule is Cn1nc(OC(F)F)cc1NC(=S)C[C@H]1CCc2sc(CC(=O)[C@@H]3C[C@@H]3F)c(C(=O)NCC3CC3)c2C1. The summed E-state index contributed by atoms with van der Waals surface area (Å²) in [4.78, 5) is 28.2. The van der Waals surface area contributed by atoms with Gasteiger partial charge in [-0.15, -0.1) is 16.4 Å². The van der Waals surface area contributed by atoms with Crippen LogP contribution in [0.1, 0.15) is 57.8 Å². The molecule has 2 aromatic rings. The van der Waals surface area contributed by atoms with Gasteiger partial charge in [-0.2, -0.15) is 8.78 Å². The number of ketones is 1. The second kappa shape index (κ2) is 10.7. The Morgan fingerprint density at radius 3 is 2.73 bits per heavy atom. The monoisotopic (exact) mass is 554 g/mol. The van der Waals surface area contributed by atoms with Gasteiger partial charge in [-0.25, -0.2) is 9.07 Å². The molecule has 2 fully saturated rings. The number of hydrogen-bond donors (Lipinski definition) is 2. The molecule has 3 aliphatic carbocycles. The predicted octanol–water partition coefficient (Wildman–Crippen LogP) is 4.63. The quantitative estimate of drug-likeness (QED) is 0.394. The number of carbonyl (C=O) groups excluding carboxylic acids is 2. The van der Waals surface area contributed by atoms with E-state index in [1.54, 1.807) is 7.05 Å². The van der Waals surface area contributed by atoms with Gasteiger partial charge in [-0.1, -0.05) is 12.2 Å². The number of anilines is 1. The van der Waals surface area contributed by atoms with Gasteiger partial charge in [0.1, 0.15) is 17.8 Å². The van der Waals surface area contributed by atoms with Crippen molar-refractivity contribution in [2.45, 2.75) is 64.1 Å². The highest BCUT2D eigenvalue weighted by Crippen LogP contribution is 2.41. The Balaban J connectivity index is 1.27. The summed E-state index contributed by atoms with van der Waals surface area (Å²) in [7, 11) is 1.60. The molecule has 7 nitrogen and oxygen atoms in total. The highest BCUT2D eigenvalue weighted by atomic mass is 32.1. The molecule has 0 saturated heterocycles. The van der Waals surface area contributed by atoms with Crippen molar-refractivity contribution >= 4 is 46.1 Å². The molecule has 1 amide bonds. The van der Waals surface area contributed by atoms with Crippen molar-refractivity contribution in [3.8, 4) is 5.88 Å². The second-order valence-electron chi connectivity index (χ2n) is 10.2. The molecule has 37 heavy (non-hydrogen) atoms. The number of aromatic nitrogens is 2. The number of carbonyl (C=O) groups is 2. The molecule has 0 bridgehead atoms. The maximum Gasteiger partial charge on any atom is 0.388 e. The average Bonchev–Trinajstić information content (AvgIpc) is 3.73. The van der Waals surface area contributed by atoms with Crippen molar-refractivity contribution in [1.82, 2.24) is 15.1 Å². The van der Waals surface area contributed by atoms with Crippen molar-refractivity contribution in [2.75, 3.05) is 11.9 Å². The zero-order chi connectivity index (χ0) is 26.3. The van der Waals surface area contributed by atoms with Crippen LogP contribution in [0.5, 0.6) is 5.88 Å². The fraction of sp³-hybridized carbons (Fsp3) is 0.600. The second-order valence-corrected chi connectivity index (χ2v) is 11.9. The smallest absolute Gasteiger partial charge is 0.388 e. The topological polar surface area (TPSA) is 85.2 Å². The van der Waals surface area contributed by atoms with Crippen LogP contribution in [0.2, 0.25) is 0 Å². The van der Waals surface area contributed by atoms with Crippen LogP contribution in [0.15, 0.2) is 6.07 Å². The number of nitrogens with zero attached hydrogens (tertiary/aromatic N) is 2. The fourth-order valence-corrected chi connectivity index (χ4v) is 6.57. The van der Waals surface area contributed by atoms with Crippen LogP contribution in [0.4, 0.5) is 19.0 Å². The van der Waals surface area contributed by atoms with Gasteiger partial charge < -0.3 is 15.4 Å². The molecule has 0 radical (unpaired) electrons. The average molecular weight is 555 g/mol. The summed E-state index contributed by atoms with van der Waals surface area (Å²) in [5, 5.41) is 9.99. The van der Waals surface area contributed by atoms with Gasteiger partial charge in [-0.05, 0) is 55.9 Å².